The van der Waals surface area contributed by atoms with Gasteiger partial charge in [0.25, 0.3) is 5.91 Å². The number of aromatic carboxylic acids is 1. The fraction of sp³-hybridized carbons (Fsp3) is 0.0755. The number of ether oxygens (including phenoxy) is 4. The number of nitrogens with zero attached hydrogens (tertiary/aromatic N) is 10. The first-order valence-corrected chi connectivity index (χ1v) is 43.8. The third kappa shape index (κ3) is 24.7. The van der Waals surface area contributed by atoms with Crippen molar-refractivity contribution in [3.05, 3.63) is 396 Å². The van der Waals surface area contributed by atoms with Crippen molar-refractivity contribution in [2.45, 2.75) is 13.0 Å². The van der Waals surface area contributed by atoms with Crippen LogP contribution in [0.15, 0.2) is 243 Å². The van der Waals surface area contributed by atoms with Crippen molar-refractivity contribution >= 4 is 185 Å². The second-order valence-electron chi connectivity index (χ2n) is 30.8. The fourth-order valence-electron chi connectivity index (χ4n) is 14.5. The maximum atomic E-state index is 14.5. The number of para-hydroxylation sites is 1. The molecule has 720 valence electrons. The zero-order valence-corrected chi connectivity index (χ0v) is 77.1. The molecule has 27 nitrogen and oxygen atoms in total. The number of carbonyl (C=O) groups is 6. The van der Waals surface area contributed by atoms with Gasteiger partial charge in [-0.25, -0.2) is 58.7 Å². The molecule has 19 rings (SSSR count). The van der Waals surface area contributed by atoms with E-state index < -0.39 is 64.3 Å². The fourth-order valence-corrected chi connectivity index (χ4v) is 15.2. The number of carboxylic acids is 1. The molecule has 10 aromatic carbocycles. The number of hydrogen-bond acceptors (Lipinski definition) is 19. The third-order valence-corrected chi connectivity index (χ3v) is 22.3. The van der Waals surface area contributed by atoms with Crippen molar-refractivity contribution in [3.63, 3.8) is 0 Å². The number of halogens is 9. The maximum Gasteiger partial charge on any atom is 0.340 e. The zero-order chi connectivity index (χ0) is 101. The molecule has 143 heavy (non-hydrogen) atoms. The Morgan fingerprint density at radius 1 is 0.420 bits per heavy atom. The number of benzene rings is 10. The van der Waals surface area contributed by atoms with Crippen LogP contribution in [0.4, 0.5) is 45.2 Å². The van der Waals surface area contributed by atoms with Gasteiger partial charge in [0.1, 0.15) is 58.1 Å². The number of carbonyl (C=O) groups excluding carboxylic acids is 5. The van der Waals surface area contributed by atoms with E-state index in [0.717, 1.165) is 21.4 Å². The molecule has 0 saturated heterocycles. The molecule has 0 fully saturated rings. The predicted molar refractivity (Wildman–Crippen MR) is 530 cm³/mol. The van der Waals surface area contributed by atoms with E-state index in [0.29, 0.717) is 111 Å². The van der Waals surface area contributed by atoms with Gasteiger partial charge in [-0.15, -0.1) is 11.3 Å². The first-order valence-electron chi connectivity index (χ1n) is 42.9. The van der Waals surface area contributed by atoms with Gasteiger partial charge < -0.3 is 34.7 Å². The summed E-state index contributed by atoms with van der Waals surface area (Å²) in [5.74, 6) is -8.55. The number of methoxy groups -OCH3 is 4. The lowest BCUT2D eigenvalue weighted by atomic mass is 10.1. The van der Waals surface area contributed by atoms with Crippen LogP contribution in [0, 0.1) is 52.4 Å². The number of hydrogen-bond donors (Lipinski definition) is 7. The van der Waals surface area contributed by atoms with Gasteiger partial charge in [0, 0.05) is 95.6 Å². The maximum absolute atomic E-state index is 14.5. The summed E-state index contributed by atoms with van der Waals surface area (Å²) in [6.45, 7) is 3.62. The first-order chi connectivity index (χ1) is 69.1. The third-order valence-electron chi connectivity index (χ3n) is 21.5. The second-order valence-corrected chi connectivity index (χ2v) is 31.8. The number of carboxylic acid groups (broad SMARTS) is 1. The Kier molecular flexibility index (Phi) is 32.7. The molecule has 19 aromatic rings. The Labute approximate surface area is 810 Å². The van der Waals surface area contributed by atoms with E-state index in [1.54, 1.807) is 165 Å². The van der Waals surface area contributed by atoms with Crippen molar-refractivity contribution < 1.29 is 92.3 Å². The molecule has 7 N–H and O–H groups in total. The summed E-state index contributed by atoms with van der Waals surface area (Å²) in [6.07, 6.45) is 25.7. The van der Waals surface area contributed by atoms with Crippen molar-refractivity contribution in [3.8, 4) is 5.75 Å². The van der Waals surface area contributed by atoms with E-state index in [9.17, 15) is 68.3 Å². The highest BCUT2D eigenvalue weighted by Crippen LogP contribution is 2.33. The largest absolute Gasteiger partial charge is 0.496 e. The SMILES string of the molecule is C=Cc1nn(C)c2cc(F)c(C(=O)OC)cc12.COC(=O)c1cc2c(/C=C/c3cccnc3)nn(C)c2cc1F.COC(=O)c1ccc2[nH]nc(/C=C/c3cccc(F)c3)c2c1F.COc1ccccc1C(=O)NCc1cc2c(/C=C/c3cccc(F)c3)n[nH]c2cc1F.O=C(Cc1cccs1)Nc1cc2c(/C=C/c3cccnc3)n[nH]c2cc1F.O=C(O)c1ccc2[nH]nc(/C=C/c3cccc(F)c3)c2c1F. The van der Waals surface area contributed by atoms with Gasteiger partial charge in [0.15, 0.2) is 0 Å². The van der Waals surface area contributed by atoms with Gasteiger partial charge in [-0.3, -0.25) is 49.3 Å². The number of thiophene rings is 1. The topological polar surface area (TPSA) is 360 Å². The monoisotopic (exact) mass is 1960 g/mol. The molecule has 0 atom stereocenters. The Balaban J connectivity index is 0.000000137. The van der Waals surface area contributed by atoms with E-state index >= 15 is 0 Å². The van der Waals surface area contributed by atoms with Crippen LogP contribution in [0.2, 0.25) is 0 Å². The Morgan fingerprint density at radius 3 is 1.35 bits per heavy atom. The number of pyridine rings is 2. The highest BCUT2D eigenvalue weighted by atomic mass is 32.1. The van der Waals surface area contributed by atoms with E-state index in [-0.39, 0.29) is 81.1 Å². The first kappa shape index (κ1) is 100. The van der Waals surface area contributed by atoms with Crippen LogP contribution in [0.5, 0.6) is 5.75 Å². The molecule has 0 aliphatic rings. The zero-order valence-electron chi connectivity index (χ0n) is 76.3. The van der Waals surface area contributed by atoms with Crippen LogP contribution in [-0.2, 0) is 46.1 Å². The number of fused-ring (bicyclic) bond motifs is 6. The highest BCUT2D eigenvalue weighted by molar-refractivity contribution is 7.10. The van der Waals surface area contributed by atoms with Gasteiger partial charge >= 0.3 is 23.9 Å². The number of H-pyrrole nitrogens is 4. The Hall–Kier alpha value is -18.6. The quantitative estimate of drug-likeness (QED) is 0.0188. The molecule has 9 heterocycles. The molecular formula is C106H81F9N16O11S. The number of rotatable bonds is 22. The molecule has 9 aromatic heterocycles. The number of aromatic amines is 4. The van der Waals surface area contributed by atoms with Crippen LogP contribution in [-0.4, -0.2) is 140 Å². The minimum atomic E-state index is -1.35. The normalized spacial score (nSPS) is 11.2. The predicted octanol–water partition coefficient (Wildman–Crippen LogP) is 22.2. The molecule has 2 amide bonds. The summed E-state index contributed by atoms with van der Waals surface area (Å²) < 4.78 is 147. The van der Waals surface area contributed by atoms with Crippen LogP contribution in [0.25, 0.3) is 132 Å². The van der Waals surface area contributed by atoms with E-state index in [4.69, 9.17) is 9.84 Å². The van der Waals surface area contributed by atoms with E-state index in [2.05, 4.69) is 92.4 Å². The van der Waals surface area contributed by atoms with Crippen LogP contribution < -0.4 is 15.4 Å². The number of aromatic nitrogens is 14. The van der Waals surface area contributed by atoms with Crippen molar-refractivity contribution in [1.29, 1.82) is 0 Å². The molecule has 0 aliphatic heterocycles. The average molecular weight is 1960 g/mol. The lowest BCUT2D eigenvalue weighted by molar-refractivity contribution is -0.115. The minimum absolute atomic E-state index is 0.00309. The standard InChI is InChI=1S/C24H19F2N3O2.C20H15FN4OS.C17H12F2N2O2.C17H14FN3O2.C16H10F2N2O2.C12H11FN2O2/c1-31-23-8-3-2-7-18(23)24(30)27-14-16-12-19-21(28-29-22(19)13-20(16)26)10-9-15-5-4-6-17(25)11-15;21-16-11-18-15(10-19(16)23-20(26)9-14-4-2-8-27-14)17(24-25-18)6-5-13-3-1-7-22-12-13;1-23-17(22)12-6-8-14-15(16(12)19)13(20-21-14)7-5-10-3-2-4-11(18)9-10;1-21-16-9-14(18)12(17(22)23-2)8-13(16)15(20-21)6-5-11-4-3-7-19-10-11;17-10-3-1-2-9(8-10)4-6-12-14-13(20-19-12)7-5-11(15(14)18)16(21)22;1-4-10-8-5-7(12(16)17-3)9(13)6-11(8)15(2)14-10/h2-13H,14H2,1H3,(H,27,30)(H,28,29);1-8,10-12H,9H2,(H,23,26)(H,24,25);2-9H,1H3,(H,20,21);3-10H,1-2H3;1-8H,(H,19,20)(H,21,22);4-6H,1H2,2-3H3/b10-9+;6-5+;7-5+;6-5+;6-4+;. The Morgan fingerprint density at radius 2 is 0.867 bits per heavy atom. The molecule has 0 spiro atoms. The minimum Gasteiger partial charge on any atom is -0.496 e. The average Bonchev–Trinajstić information content (AvgIpc) is 1.65. The van der Waals surface area contributed by atoms with E-state index in [1.165, 1.54) is 142 Å². The summed E-state index contributed by atoms with van der Waals surface area (Å²) in [5, 5.41) is 55.1. The van der Waals surface area contributed by atoms with Gasteiger partial charge in [-0.2, -0.15) is 30.6 Å². The molecule has 0 saturated carbocycles. The summed E-state index contributed by atoms with van der Waals surface area (Å²) in [7, 11) is 8.53. The summed E-state index contributed by atoms with van der Waals surface area (Å²) in [4.78, 5) is 79.3. The van der Waals surface area contributed by atoms with Gasteiger partial charge in [-0.1, -0.05) is 104 Å². The molecule has 0 aliphatic carbocycles. The van der Waals surface area contributed by atoms with Gasteiger partial charge in [-0.05, 0) is 191 Å². The van der Waals surface area contributed by atoms with Crippen molar-refractivity contribution in [1.82, 2.24) is 75.6 Å². The Bertz CT molecular complexity index is 8130. The van der Waals surface area contributed by atoms with Crippen molar-refractivity contribution in [2.24, 2.45) is 14.1 Å². The highest BCUT2D eigenvalue weighted by Gasteiger charge is 2.24. The molecule has 0 bridgehead atoms. The number of nitrogens with one attached hydrogen (secondary N) is 6. The number of esters is 3. The molecule has 37 heteroatoms. The molecule has 0 radical (unpaired) electrons. The number of aryl methyl sites for hydroxylation is 2. The van der Waals surface area contributed by atoms with Crippen molar-refractivity contribution in [2.75, 3.05) is 33.8 Å². The molecule has 0 unspecified atom stereocenters. The second kappa shape index (κ2) is 46.5. The number of anilines is 1. The van der Waals surface area contributed by atoms with Gasteiger partial charge in [0.2, 0.25) is 5.91 Å². The summed E-state index contributed by atoms with van der Waals surface area (Å²) in [5.41, 5.74) is 9.94. The van der Waals surface area contributed by atoms with Gasteiger partial charge in [0.05, 0.1) is 146 Å². The van der Waals surface area contributed by atoms with Crippen LogP contribution >= 0.6 is 11.3 Å². The number of amides is 2. The summed E-state index contributed by atoms with van der Waals surface area (Å²) in [6, 6.07) is 53.0. The smallest absolute Gasteiger partial charge is 0.340 e. The van der Waals surface area contributed by atoms with E-state index in [1.807, 2.05) is 60.0 Å². The molecular weight excluding hydrogens is 1880 g/mol. The summed E-state index contributed by atoms with van der Waals surface area (Å²) >= 11 is 1.49. The lowest BCUT2D eigenvalue weighted by Gasteiger charge is -2.10. The van der Waals surface area contributed by atoms with Crippen LogP contribution in [0.1, 0.15) is 124 Å². The van der Waals surface area contributed by atoms with Crippen LogP contribution in [0.3, 0.4) is 0 Å². The lowest BCUT2D eigenvalue weighted by Crippen LogP contribution is -2.23.